The number of carbonyl (C=O) groups excluding carboxylic acids is 17. The van der Waals surface area contributed by atoms with Crippen LogP contribution in [0.5, 0.6) is 0 Å². The third-order valence-electron chi connectivity index (χ3n) is 20.6. The summed E-state index contributed by atoms with van der Waals surface area (Å²) < 4.78 is 0. The molecule has 0 aliphatic carbocycles. The number of carbonyl (C=O) groups is 20. The Morgan fingerprint density at radius 2 is 0.800 bits per heavy atom. The number of benzene rings is 1. The number of nitrogens with zero attached hydrogens (tertiary/aromatic N) is 2. The van der Waals surface area contributed by atoms with E-state index < -0.39 is 298 Å². The van der Waals surface area contributed by atoms with Crippen LogP contribution in [0.15, 0.2) is 30.3 Å². The molecule has 2 saturated heterocycles. The average molecular weight is 1850 g/mol. The molecule has 2 aliphatic rings. The summed E-state index contributed by atoms with van der Waals surface area (Å²) in [6.07, 6.45) is -7.61. The molecule has 726 valence electrons. The number of aliphatic carboxylic acids is 3. The normalized spacial score (nSPS) is 16.9. The summed E-state index contributed by atoms with van der Waals surface area (Å²) in [4.78, 5) is 274. The first-order valence-electron chi connectivity index (χ1n) is 42.2. The summed E-state index contributed by atoms with van der Waals surface area (Å²) >= 11 is 0. The Kier molecular flexibility index (Phi) is 48.7. The van der Waals surface area contributed by atoms with Gasteiger partial charge < -0.3 is 160 Å². The highest BCUT2D eigenvalue weighted by Gasteiger charge is 2.44. The molecule has 0 bridgehead atoms. The molecule has 17 atom stereocenters. The molecular formula is C78H127N25O27. The van der Waals surface area contributed by atoms with Crippen LogP contribution in [0.25, 0.3) is 0 Å². The number of hydrogen-bond acceptors (Lipinski definition) is 28. The predicted octanol–water partition coefficient (Wildman–Crippen LogP) is -12.1. The minimum Gasteiger partial charge on any atom is -0.481 e. The zero-order valence-electron chi connectivity index (χ0n) is 72.7. The van der Waals surface area contributed by atoms with E-state index in [0.29, 0.717) is 18.4 Å². The highest BCUT2D eigenvalue weighted by atomic mass is 16.4. The van der Waals surface area contributed by atoms with Gasteiger partial charge in [-0.2, -0.15) is 0 Å². The fraction of sp³-hybridized carbons (Fsp3) is 0.641. The number of aliphatic hydroxyl groups excluding tert-OH is 4. The van der Waals surface area contributed by atoms with Crippen molar-refractivity contribution in [1.82, 2.24) is 89.6 Å². The van der Waals surface area contributed by atoms with Crippen molar-refractivity contribution in [3.63, 3.8) is 0 Å². The molecule has 130 heavy (non-hydrogen) atoms. The zero-order valence-corrected chi connectivity index (χ0v) is 72.7. The van der Waals surface area contributed by atoms with Gasteiger partial charge in [-0.15, -0.1) is 0 Å². The summed E-state index contributed by atoms with van der Waals surface area (Å²) in [6.45, 7) is 2.34. The molecule has 3 rings (SSSR count). The van der Waals surface area contributed by atoms with E-state index >= 15 is 0 Å². The first kappa shape index (κ1) is 111. The Bertz CT molecular complexity index is 4110. The van der Waals surface area contributed by atoms with Gasteiger partial charge >= 0.3 is 17.9 Å². The van der Waals surface area contributed by atoms with Crippen molar-refractivity contribution >= 4 is 130 Å². The van der Waals surface area contributed by atoms with Gasteiger partial charge in [-0.05, 0) is 128 Å². The summed E-state index contributed by atoms with van der Waals surface area (Å²) in [5, 5.41) is 121. The summed E-state index contributed by atoms with van der Waals surface area (Å²) in [7, 11) is 0. The van der Waals surface area contributed by atoms with Gasteiger partial charge in [0.25, 0.3) is 0 Å². The Labute approximate surface area is 747 Å². The Balaban J connectivity index is 1.92. The van der Waals surface area contributed by atoms with Crippen molar-refractivity contribution in [3.05, 3.63) is 35.9 Å². The van der Waals surface area contributed by atoms with Crippen LogP contribution in [0.3, 0.4) is 0 Å². The molecule has 17 amide bonds. The molecule has 0 spiro atoms. The number of hydrogen-bond donors (Lipinski definition) is 30. The molecule has 0 aromatic heterocycles. The van der Waals surface area contributed by atoms with Crippen molar-refractivity contribution < 1.29 is 132 Å². The molecule has 2 heterocycles. The summed E-state index contributed by atoms with van der Waals surface area (Å²) in [5.41, 5.74) is 33.8. The standard InChI is InChI=1S/C78H127N25O27/c1-38(2)32-48(95-70(123)51(35-104)98-61(114)42(80)16-10-28-87-77(83)84)67(120)93-45(21-24-56(81)108)66(119)96-49(34-57(82)109)68(121)101-60(40(4)107)73(126)94-47(23-26-59(112)113)65(118)92-46(22-25-58(110)111)64(117)90-43(17-8-9-27-79)62(115)99-52(36-105)69(122)91-44(18-11-29-88-78(85)86)63(116)100-53(37-106)71(124)97-50(33-41-14-6-5-7-15-41)75(128)102-30-12-19-54(102)72(125)89-39(3)74(127)103-31-13-20-55(103)76(129)130/h5-7,14-15,38-40,42-55,60,104-107H,8-13,16-37,79-80H2,1-4H3,(H2,81,108)(H2,82,109)(H,89,125)(H,90,117)(H,91,122)(H,92,118)(H,93,120)(H,94,126)(H,95,123)(H,96,119)(H,97,124)(H,98,114)(H,99,115)(H,100,116)(H,101,121)(H,110,111)(H,112,113)(H,129,130)(H4,83,84,87)(H4,85,86,88)/t39-,40+,42-,43-,44-,45-,46-,47-,48-,49-,50-,51-,52-,53-,54-,55-,60-/m0/s1. The highest BCUT2D eigenvalue weighted by Crippen LogP contribution is 2.23. The van der Waals surface area contributed by atoms with Crippen LogP contribution in [-0.4, -0.2) is 331 Å². The number of guanidine groups is 2. The van der Waals surface area contributed by atoms with Gasteiger partial charge in [0, 0.05) is 51.9 Å². The van der Waals surface area contributed by atoms with Crippen molar-refractivity contribution in [2.75, 3.05) is 52.5 Å². The fourth-order valence-corrected chi connectivity index (χ4v) is 13.7. The van der Waals surface area contributed by atoms with Crippen LogP contribution >= 0.6 is 0 Å². The summed E-state index contributed by atoms with van der Waals surface area (Å²) in [5.74, 6) is -25.3. The predicted molar refractivity (Wildman–Crippen MR) is 456 cm³/mol. The van der Waals surface area contributed by atoms with E-state index in [1.165, 1.54) is 11.8 Å². The SMILES string of the molecule is CC(C)C[C@H](NC(=O)[C@H](CO)NC(=O)[C@@H](N)CCCNC(=N)N)C(=O)N[C@@H](CCC(N)=O)C(=O)N[C@@H](CC(N)=O)C(=O)N[C@H](C(=O)N[C@@H](CCC(=O)O)C(=O)N[C@@H](CCC(=O)O)C(=O)N[C@@H](CCCCN)C(=O)N[C@@H](CO)C(=O)N[C@@H](CCCNC(=N)N)C(=O)N[C@@H](CO)C(=O)N[C@@H](Cc1ccccc1)C(=O)N1CCC[C@H]1C(=O)N[C@@H](C)C(=O)N1CCC[C@H]1C(=O)O)[C@@H](C)O. The van der Waals surface area contributed by atoms with Crippen LogP contribution in [0, 0.1) is 16.7 Å². The molecule has 0 unspecified atom stereocenters. The first-order valence-corrected chi connectivity index (χ1v) is 42.2. The maximum absolute atomic E-state index is 14.6. The third-order valence-corrected chi connectivity index (χ3v) is 20.6. The maximum atomic E-state index is 14.6. The van der Waals surface area contributed by atoms with Crippen LogP contribution in [0.2, 0.25) is 0 Å². The van der Waals surface area contributed by atoms with E-state index in [0.717, 1.165) is 11.8 Å². The fourth-order valence-electron chi connectivity index (χ4n) is 13.7. The minimum atomic E-state index is -2.23. The lowest BCUT2D eigenvalue weighted by Gasteiger charge is -2.31. The quantitative estimate of drug-likeness (QED) is 0.0164. The average Bonchev–Trinajstić information content (AvgIpc) is 1.71. The summed E-state index contributed by atoms with van der Waals surface area (Å²) in [6, 6.07) is -19.1. The Morgan fingerprint density at radius 1 is 0.423 bits per heavy atom. The number of nitrogens with two attached hydrogens (primary N) is 6. The minimum absolute atomic E-state index is 0.00131. The molecule has 1 aromatic carbocycles. The van der Waals surface area contributed by atoms with E-state index in [2.05, 4.69) is 79.8 Å². The van der Waals surface area contributed by atoms with E-state index in [1.807, 2.05) is 0 Å². The second-order valence-electron chi connectivity index (χ2n) is 31.6. The van der Waals surface area contributed by atoms with Crippen molar-refractivity contribution in [1.29, 1.82) is 10.8 Å². The molecule has 36 N–H and O–H groups in total. The van der Waals surface area contributed by atoms with Crippen molar-refractivity contribution in [2.45, 2.75) is 259 Å². The number of carboxylic acid groups (broad SMARTS) is 3. The first-order chi connectivity index (χ1) is 61.3. The number of unbranched alkanes of at least 4 members (excludes halogenated alkanes) is 1. The highest BCUT2D eigenvalue weighted by molar-refractivity contribution is 6.02. The van der Waals surface area contributed by atoms with Gasteiger partial charge in [0.15, 0.2) is 11.9 Å². The van der Waals surface area contributed by atoms with E-state index in [9.17, 15) is 132 Å². The van der Waals surface area contributed by atoms with Crippen molar-refractivity contribution in [2.24, 2.45) is 40.3 Å². The van der Waals surface area contributed by atoms with Crippen LogP contribution in [-0.2, 0) is 102 Å². The van der Waals surface area contributed by atoms with Gasteiger partial charge in [0.05, 0.1) is 38.4 Å². The van der Waals surface area contributed by atoms with Gasteiger partial charge in [-0.25, -0.2) is 4.79 Å². The van der Waals surface area contributed by atoms with E-state index in [1.54, 1.807) is 44.2 Å². The van der Waals surface area contributed by atoms with Crippen LogP contribution in [0.4, 0.5) is 0 Å². The lowest BCUT2D eigenvalue weighted by atomic mass is 10.0. The molecule has 52 nitrogen and oxygen atoms in total. The van der Waals surface area contributed by atoms with E-state index in [-0.39, 0.29) is 109 Å². The molecular weight excluding hydrogens is 1720 g/mol. The van der Waals surface area contributed by atoms with Gasteiger partial charge in [0.2, 0.25) is 100 Å². The van der Waals surface area contributed by atoms with E-state index in [4.69, 9.17) is 45.2 Å². The monoisotopic (exact) mass is 1850 g/mol. The van der Waals surface area contributed by atoms with Crippen LogP contribution in [0.1, 0.15) is 155 Å². The largest absolute Gasteiger partial charge is 0.481 e. The van der Waals surface area contributed by atoms with Gasteiger partial charge in [-0.1, -0.05) is 44.2 Å². The van der Waals surface area contributed by atoms with Gasteiger partial charge in [0.1, 0.15) is 90.6 Å². The number of primary amides is 2. The number of amides is 17. The zero-order chi connectivity index (χ0) is 97.8. The lowest BCUT2D eigenvalue weighted by molar-refractivity contribution is -0.149. The Morgan fingerprint density at radius 3 is 1.22 bits per heavy atom. The Hall–Kier alpha value is -13.1. The molecule has 1 aromatic rings. The molecule has 2 aliphatic heterocycles. The third kappa shape index (κ3) is 39.3. The maximum Gasteiger partial charge on any atom is 0.326 e. The topological polar surface area (TPSA) is 874 Å². The molecule has 0 saturated carbocycles. The second-order valence-corrected chi connectivity index (χ2v) is 31.6. The van der Waals surface area contributed by atoms with Crippen molar-refractivity contribution in [3.8, 4) is 0 Å². The lowest BCUT2D eigenvalue weighted by Crippen LogP contribution is -2.62. The molecule has 52 heteroatoms. The number of aliphatic hydroxyl groups is 4. The van der Waals surface area contributed by atoms with Gasteiger partial charge in [-0.3, -0.25) is 102 Å². The number of rotatable bonds is 60. The molecule has 0 radical (unpaired) electrons. The number of carboxylic acids is 3. The van der Waals surface area contributed by atoms with Crippen LogP contribution < -0.4 is 114 Å². The smallest absolute Gasteiger partial charge is 0.326 e. The number of nitrogens with one attached hydrogen (secondary N) is 17. The second kappa shape index (κ2) is 57.0. The molecule has 2 fully saturated rings. The number of likely N-dealkylation sites (tertiary alicyclic amines) is 2.